The first-order chi connectivity index (χ1) is 8.56. The molecule has 0 aliphatic rings. The Morgan fingerprint density at radius 1 is 1.11 bits per heavy atom. The molecule has 0 fully saturated rings. The van der Waals surface area contributed by atoms with Crippen molar-refractivity contribution in [3.8, 4) is 5.75 Å². The molecule has 2 aromatic carbocycles. The lowest BCUT2D eigenvalue weighted by Gasteiger charge is -2.20. The van der Waals surface area contributed by atoms with Crippen LogP contribution in [0, 0.1) is 12.7 Å². The molecule has 0 aromatic heterocycles. The smallest absolute Gasteiger partial charge is 0.123 e. The molecule has 94 valence electrons. The van der Waals surface area contributed by atoms with Crippen LogP contribution in [0.2, 0.25) is 0 Å². The van der Waals surface area contributed by atoms with Gasteiger partial charge in [0.05, 0.1) is 0 Å². The second kappa shape index (κ2) is 5.08. The molecule has 18 heavy (non-hydrogen) atoms. The summed E-state index contributed by atoms with van der Waals surface area (Å²) >= 11 is 0. The van der Waals surface area contributed by atoms with E-state index in [9.17, 15) is 9.50 Å². The standard InChI is InChI=1S/C15H16FNO/c1-11-3-6-14(7-4-11)17(2)10-12-9-13(16)5-8-15(12)18/h3-9,18H,10H2,1-2H3. The topological polar surface area (TPSA) is 23.5 Å². The molecule has 0 unspecified atom stereocenters. The molecule has 0 spiro atoms. The maximum atomic E-state index is 13.1. The number of aryl methyl sites for hydroxylation is 1. The summed E-state index contributed by atoms with van der Waals surface area (Å²) in [6.45, 7) is 2.49. The Morgan fingerprint density at radius 2 is 1.78 bits per heavy atom. The lowest BCUT2D eigenvalue weighted by Crippen LogP contribution is -2.16. The number of hydrogen-bond donors (Lipinski definition) is 1. The predicted molar refractivity (Wildman–Crippen MR) is 71.4 cm³/mol. The minimum Gasteiger partial charge on any atom is -0.508 e. The number of halogens is 1. The summed E-state index contributed by atoms with van der Waals surface area (Å²) in [5, 5.41) is 9.68. The van der Waals surface area contributed by atoms with E-state index in [-0.39, 0.29) is 11.6 Å². The van der Waals surface area contributed by atoms with E-state index in [1.54, 1.807) is 0 Å². The van der Waals surface area contributed by atoms with Crippen LogP contribution in [0.1, 0.15) is 11.1 Å². The highest BCUT2D eigenvalue weighted by Crippen LogP contribution is 2.22. The van der Waals surface area contributed by atoms with Gasteiger partial charge in [0.1, 0.15) is 11.6 Å². The van der Waals surface area contributed by atoms with Gasteiger partial charge in [-0.3, -0.25) is 0 Å². The summed E-state index contributed by atoms with van der Waals surface area (Å²) in [6, 6.07) is 12.1. The fourth-order valence-electron chi connectivity index (χ4n) is 1.83. The van der Waals surface area contributed by atoms with Gasteiger partial charge in [-0.05, 0) is 37.3 Å². The first-order valence-electron chi connectivity index (χ1n) is 5.81. The van der Waals surface area contributed by atoms with Gasteiger partial charge >= 0.3 is 0 Å². The molecule has 0 saturated heterocycles. The second-order valence-corrected chi connectivity index (χ2v) is 4.46. The fourth-order valence-corrected chi connectivity index (χ4v) is 1.83. The summed E-state index contributed by atoms with van der Waals surface area (Å²) in [7, 11) is 1.91. The van der Waals surface area contributed by atoms with Gasteiger partial charge in [-0.1, -0.05) is 17.7 Å². The lowest BCUT2D eigenvalue weighted by molar-refractivity contribution is 0.465. The van der Waals surface area contributed by atoms with Crippen molar-refractivity contribution in [1.82, 2.24) is 0 Å². The minimum atomic E-state index is -0.333. The lowest BCUT2D eigenvalue weighted by atomic mass is 10.1. The Kier molecular flexibility index (Phi) is 3.51. The normalized spacial score (nSPS) is 10.4. The highest BCUT2D eigenvalue weighted by atomic mass is 19.1. The van der Waals surface area contributed by atoms with Crippen LogP contribution in [-0.2, 0) is 6.54 Å². The van der Waals surface area contributed by atoms with Crippen LogP contribution in [0.5, 0.6) is 5.75 Å². The van der Waals surface area contributed by atoms with Crippen molar-refractivity contribution in [2.75, 3.05) is 11.9 Å². The molecule has 1 N–H and O–H groups in total. The van der Waals surface area contributed by atoms with E-state index in [0.717, 1.165) is 5.69 Å². The first-order valence-corrected chi connectivity index (χ1v) is 5.81. The third kappa shape index (κ3) is 2.80. The number of rotatable bonds is 3. The molecule has 2 nitrogen and oxygen atoms in total. The van der Waals surface area contributed by atoms with E-state index in [2.05, 4.69) is 0 Å². The van der Waals surface area contributed by atoms with Crippen molar-refractivity contribution < 1.29 is 9.50 Å². The van der Waals surface area contributed by atoms with E-state index in [1.807, 2.05) is 43.1 Å². The van der Waals surface area contributed by atoms with Crippen LogP contribution >= 0.6 is 0 Å². The number of anilines is 1. The molecule has 2 rings (SSSR count). The van der Waals surface area contributed by atoms with Crippen molar-refractivity contribution in [3.05, 3.63) is 59.4 Å². The Balaban J connectivity index is 2.18. The van der Waals surface area contributed by atoms with Crippen LogP contribution < -0.4 is 4.90 Å². The van der Waals surface area contributed by atoms with Crippen molar-refractivity contribution in [2.24, 2.45) is 0 Å². The van der Waals surface area contributed by atoms with Gasteiger partial charge in [0.15, 0.2) is 0 Å². The van der Waals surface area contributed by atoms with Gasteiger partial charge in [-0.2, -0.15) is 0 Å². The Labute approximate surface area is 106 Å². The third-order valence-corrected chi connectivity index (χ3v) is 2.92. The molecular weight excluding hydrogens is 229 g/mol. The average molecular weight is 245 g/mol. The Bertz CT molecular complexity index is 537. The van der Waals surface area contributed by atoms with Crippen molar-refractivity contribution in [1.29, 1.82) is 0 Å². The maximum absolute atomic E-state index is 13.1. The number of hydrogen-bond acceptors (Lipinski definition) is 2. The zero-order chi connectivity index (χ0) is 13.1. The van der Waals surface area contributed by atoms with Crippen LogP contribution in [0.3, 0.4) is 0 Å². The van der Waals surface area contributed by atoms with Gasteiger partial charge in [0, 0.05) is 24.8 Å². The number of benzene rings is 2. The summed E-state index contributed by atoms with van der Waals surface area (Å²) in [5.41, 5.74) is 2.81. The molecule has 3 heteroatoms. The van der Waals surface area contributed by atoms with Gasteiger partial charge < -0.3 is 10.0 Å². The quantitative estimate of drug-likeness (QED) is 0.895. The van der Waals surface area contributed by atoms with Crippen LogP contribution in [0.4, 0.5) is 10.1 Å². The highest BCUT2D eigenvalue weighted by Gasteiger charge is 2.07. The van der Waals surface area contributed by atoms with Gasteiger partial charge in [0.25, 0.3) is 0 Å². The van der Waals surface area contributed by atoms with Crippen molar-refractivity contribution in [3.63, 3.8) is 0 Å². The van der Waals surface area contributed by atoms with E-state index in [0.29, 0.717) is 12.1 Å². The maximum Gasteiger partial charge on any atom is 0.123 e. The van der Waals surface area contributed by atoms with Crippen molar-refractivity contribution in [2.45, 2.75) is 13.5 Å². The summed E-state index contributed by atoms with van der Waals surface area (Å²) < 4.78 is 13.1. The van der Waals surface area contributed by atoms with E-state index >= 15 is 0 Å². The van der Waals surface area contributed by atoms with Crippen LogP contribution in [0.15, 0.2) is 42.5 Å². The minimum absolute atomic E-state index is 0.121. The molecule has 0 heterocycles. The fraction of sp³-hybridized carbons (Fsp3) is 0.200. The molecule has 0 aliphatic heterocycles. The monoisotopic (exact) mass is 245 g/mol. The summed E-state index contributed by atoms with van der Waals surface area (Å²) in [4.78, 5) is 1.97. The van der Waals surface area contributed by atoms with Gasteiger partial charge in [-0.15, -0.1) is 0 Å². The third-order valence-electron chi connectivity index (χ3n) is 2.92. The molecule has 0 radical (unpaired) electrons. The summed E-state index contributed by atoms with van der Waals surface area (Å²) in [6.07, 6.45) is 0. The Hall–Kier alpha value is -2.03. The van der Waals surface area contributed by atoms with E-state index < -0.39 is 0 Å². The molecule has 0 aliphatic carbocycles. The molecule has 0 amide bonds. The average Bonchev–Trinajstić information content (AvgIpc) is 2.34. The molecule has 0 bridgehead atoms. The van der Waals surface area contributed by atoms with Crippen molar-refractivity contribution >= 4 is 5.69 Å². The zero-order valence-electron chi connectivity index (χ0n) is 10.5. The molecular formula is C15H16FNO. The van der Waals surface area contributed by atoms with E-state index in [1.165, 1.54) is 23.8 Å². The zero-order valence-corrected chi connectivity index (χ0v) is 10.5. The molecule has 0 atom stereocenters. The second-order valence-electron chi connectivity index (χ2n) is 4.46. The SMILES string of the molecule is Cc1ccc(N(C)Cc2cc(F)ccc2O)cc1. The van der Waals surface area contributed by atoms with Crippen LogP contribution in [-0.4, -0.2) is 12.2 Å². The largest absolute Gasteiger partial charge is 0.508 e. The molecule has 0 saturated carbocycles. The van der Waals surface area contributed by atoms with E-state index in [4.69, 9.17) is 0 Å². The van der Waals surface area contributed by atoms with Gasteiger partial charge in [0.2, 0.25) is 0 Å². The van der Waals surface area contributed by atoms with Gasteiger partial charge in [-0.25, -0.2) is 4.39 Å². The molecule has 2 aromatic rings. The highest BCUT2D eigenvalue weighted by molar-refractivity contribution is 5.48. The van der Waals surface area contributed by atoms with Crippen LogP contribution in [0.25, 0.3) is 0 Å². The number of phenolic OH excluding ortho intramolecular Hbond substituents is 1. The summed E-state index contributed by atoms with van der Waals surface area (Å²) in [5.74, 6) is -0.213. The number of phenols is 1. The number of nitrogens with zero attached hydrogens (tertiary/aromatic N) is 1. The predicted octanol–water partition coefficient (Wildman–Crippen LogP) is 3.48. The Morgan fingerprint density at radius 3 is 2.44 bits per heavy atom. The first kappa shape index (κ1) is 12.4. The number of aromatic hydroxyl groups is 1.